The van der Waals surface area contributed by atoms with E-state index in [2.05, 4.69) is 25.7 Å². The van der Waals surface area contributed by atoms with Crippen molar-refractivity contribution in [1.29, 1.82) is 0 Å². The smallest absolute Gasteiger partial charge is 0.231 e. The first kappa shape index (κ1) is 18.4. The maximum absolute atomic E-state index is 5.59. The SMILES string of the molecule is CNc1nc(Nc2ccc(-n3cnc(C)c3)c(OC)c2)nc2c1cnn2C1COC1. The van der Waals surface area contributed by atoms with Gasteiger partial charge in [0.05, 0.1) is 49.6 Å². The summed E-state index contributed by atoms with van der Waals surface area (Å²) in [6.07, 6.45) is 5.50. The molecule has 5 rings (SSSR count). The fourth-order valence-electron chi connectivity index (χ4n) is 3.45. The third-order valence-corrected chi connectivity index (χ3v) is 5.08. The first-order valence-corrected chi connectivity index (χ1v) is 9.63. The molecular formula is C20H22N8O2. The lowest BCUT2D eigenvalue weighted by Gasteiger charge is -2.26. The summed E-state index contributed by atoms with van der Waals surface area (Å²) in [6, 6.07) is 6.04. The summed E-state index contributed by atoms with van der Waals surface area (Å²) in [5.74, 6) is 1.90. The van der Waals surface area contributed by atoms with E-state index in [1.54, 1.807) is 19.6 Å². The van der Waals surface area contributed by atoms with Crippen LogP contribution >= 0.6 is 0 Å². The number of anilines is 3. The summed E-state index contributed by atoms with van der Waals surface area (Å²) in [4.78, 5) is 13.6. The van der Waals surface area contributed by atoms with Crippen LogP contribution in [0, 0.1) is 6.92 Å². The van der Waals surface area contributed by atoms with E-state index in [4.69, 9.17) is 14.5 Å². The Hall–Kier alpha value is -3.66. The summed E-state index contributed by atoms with van der Waals surface area (Å²) in [5, 5.41) is 11.8. The van der Waals surface area contributed by atoms with Crippen molar-refractivity contribution in [3.63, 3.8) is 0 Å². The molecular weight excluding hydrogens is 384 g/mol. The van der Waals surface area contributed by atoms with Gasteiger partial charge in [-0.25, -0.2) is 9.67 Å². The summed E-state index contributed by atoms with van der Waals surface area (Å²) < 4.78 is 14.7. The van der Waals surface area contributed by atoms with E-state index in [1.165, 1.54) is 0 Å². The number of aryl methyl sites for hydroxylation is 1. The van der Waals surface area contributed by atoms with E-state index in [9.17, 15) is 0 Å². The molecule has 1 aromatic carbocycles. The van der Waals surface area contributed by atoms with Gasteiger partial charge in [-0.1, -0.05) is 0 Å². The highest BCUT2D eigenvalue weighted by atomic mass is 16.5. The normalized spacial score (nSPS) is 14.0. The average Bonchev–Trinajstić information content (AvgIpc) is 3.33. The number of hydrogen-bond donors (Lipinski definition) is 2. The van der Waals surface area contributed by atoms with Crippen molar-refractivity contribution >= 4 is 28.5 Å². The van der Waals surface area contributed by atoms with E-state index in [1.807, 2.05) is 47.6 Å². The molecule has 154 valence electrons. The Morgan fingerprint density at radius 1 is 1.23 bits per heavy atom. The summed E-state index contributed by atoms with van der Waals surface area (Å²) in [5.41, 5.74) is 3.42. The number of imidazole rings is 1. The largest absolute Gasteiger partial charge is 0.494 e. The second-order valence-corrected chi connectivity index (χ2v) is 7.10. The van der Waals surface area contributed by atoms with Crippen molar-refractivity contribution in [3.8, 4) is 11.4 Å². The van der Waals surface area contributed by atoms with Crippen molar-refractivity contribution in [1.82, 2.24) is 29.3 Å². The number of benzene rings is 1. The Morgan fingerprint density at radius 2 is 2.10 bits per heavy atom. The molecule has 10 nitrogen and oxygen atoms in total. The molecule has 0 atom stereocenters. The zero-order chi connectivity index (χ0) is 20.7. The van der Waals surface area contributed by atoms with Crippen LogP contribution in [0.5, 0.6) is 5.75 Å². The third kappa shape index (κ3) is 3.11. The zero-order valence-electron chi connectivity index (χ0n) is 17.0. The standard InChI is InChI=1S/C20H22N8O2/c1-12-8-27(11-22-12)16-5-4-13(6-17(16)29-3)24-20-25-18(21-2)15-7-23-28(19(15)26-20)14-9-30-10-14/h4-8,11,14H,9-10H2,1-3H3,(H2,21,24,25,26). The van der Waals surface area contributed by atoms with E-state index in [-0.39, 0.29) is 6.04 Å². The van der Waals surface area contributed by atoms with Gasteiger partial charge in [0.1, 0.15) is 17.6 Å². The predicted molar refractivity (Wildman–Crippen MR) is 113 cm³/mol. The summed E-state index contributed by atoms with van der Waals surface area (Å²) in [6.45, 7) is 3.24. The highest BCUT2D eigenvalue weighted by molar-refractivity contribution is 5.88. The zero-order valence-corrected chi connectivity index (χ0v) is 17.0. The quantitative estimate of drug-likeness (QED) is 0.504. The minimum atomic E-state index is 0.202. The Morgan fingerprint density at radius 3 is 2.77 bits per heavy atom. The molecule has 3 aromatic heterocycles. The Kier molecular flexibility index (Phi) is 4.47. The van der Waals surface area contributed by atoms with Crippen molar-refractivity contribution in [3.05, 3.63) is 42.6 Å². The van der Waals surface area contributed by atoms with E-state index in [0.29, 0.717) is 30.7 Å². The minimum absolute atomic E-state index is 0.202. The number of nitrogens with one attached hydrogen (secondary N) is 2. The molecule has 30 heavy (non-hydrogen) atoms. The van der Waals surface area contributed by atoms with Gasteiger partial charge in [-0.05, 0) is 19.1 Å². The molecule has 10 heteroatoms. The Bertz CT molecular complexity index is 1210. The fraction of sp³-hybridized carbons (Fsp3) is 0.300. The molecule has 1 saturated heterocycles. The minimum Gasteiger partial charge on any atom is -0.494 e. The van der Waals surface area contributed by atoms with E-state index < -0.39 is 0 Å². The number of fused-ring (bicyclic) bond motifs is 1. The Labute approximate surface area is 172 Å². The lowest BCUT2D eigenvalue weighted by atomic mass is 10.2. The fourth-order valence-corrected chi connectivity index (χ4v) is 3.45. The maximum atomic E-state index is 5.59. The number of aromatic nitrogens is 6. The Balaban J connectivity index is 1.50. The molecule has 0 saturated carbocycles. The summed E-state index contributed by atoms with van der Waals surface area (Å²) in [7, 11) is 3.48. The summed E-state index contributed by atoms with van der Waals surface area (Å²) >= 11 is 0. The van der Waals surface area contributed by atoms with Crippen molar-refractivity contribution < 1.29 is 9.47 Å². The molecule has 0 unspecified atom stereocenters. The molecule has 0 spiro atoms. The van der Waals surface area contributed by atoms with Crippen LogP contribution in [0.4, 0.5) is 17.5 Å². The van der Waals surface area contributed by atoms with Crippen LogP contribution in [-0.2, 0) is 4.74 Å². The lowest BCUT2D eigenvalue weighted by Crippen LogP contribution is -2.31. The van der Waals surface area contributed by atoms with E-state index >= 15 is 0 Å². The molecule has 1 aliphatic heterocycles. The molecule has 4 heterocycles. The van der Waals surface area contributed by atoms with Crippen LogP contribution < -0.4 is 15.4 Å². The topological polar surface area (TPSA) is 104 Å². The highest BCUT2D eigenvalue weighted by Gasteiger charge is 2.25. The van der Waals surface area contributed by atoms with Gasteiger partial charge in [0, 0.05) is 25.0 Å². The maximum Gasteiger partial charge on any atom is 0.231 e. The molecule has 0 radical (unpaired) electrons. The third-order valence-electron chi connectivity index (χ3n) is 5.08. The molecule has 0 amide bonds. The number of methoxy groups -OCH3 is 1. The van der Waals surface area contributed by atoms with Gasteiger partial charge < -0.3 is 24.7 Å². The predicted octanol–water partition coefficient (Wildman–Crippen LogP) is 2.69. The van der Waals surface area contributed by atoms with E-state index in [0.717, 1.165) is 28.1 Å². The van der Waals surface area contributed by atoms with Crippen molar-refractivity contribution in [2.45, 2.75) is 13.0 Å². The van der Waals surface area contributed by atoms with Crippen LogP contribution in [0.15, 0.2) is 36.9 Å². The second-order valence-electron chi connectivity index (χ2n) is 7.10. The number of hydrogen-bond acceptors (Lipinski definition) is 8. The monoisotopic (exact) mass is 406 g/mol. The van der Waals surface area contributed by atoms with Gasteiger partial charge >= 0.3 is 0 Å². The molecule has 1 fully saturated rings. The molecule has 1 aliphatic rings. The number of ether oxygens (including phenoxy) is 2. The lowest BCUT2D eigenvalue weighted by molar-refractivity contribution is -0.0269. The van der Waals surface area contributed by atoms with Gasteiger partial charge in [0.25, 0.3) is 0 Å². The van der Waals surface area contributed by atoms with Crippen molar-refractivity contribution in [2.75, 3.05) is 38.0 Å². The average molecular weight is 406 g/mol. The number of rotatable bonds is 6. The first-order valence-electron chi connectivity index (χ1n) is 9.63. The van der Waals surface area contributed by atoms with Gasteiger partial charge in [0.15, 0.2) is 5.65 Å². The number of nitrogens with zero attached hydrogens (tertiary/aromatic N) is 6. The van der Waals surface area contributed by atoms with Gasteiger partial charge in [0.2, 0.25) is 5.95 Å². The van der Waals surface area contributed by atoms with Crippen LogP contribution in [0.1, 0.15) is 11.7 Å². The van der Waals surface area contributed by atoms with Crippen LogP contribution in [0.25, 0.3) is 16.7 Å². The van der Waals surface area contributed by atoms with Crippen LogP contribution in [0.2, 0.25) is 0 Å². The van der Waals surface area contributed by atoms with Crippen LogP contribution in [0.3, 0.4) is 0 Å². The first-order chi connectivity index (χ1) is 14.7. The molecule has 0 aliphatic carbocycles. The molecule has 0 bridgehead atoms. The van der Waals surface area contributed by atoms with Gasteiger partial charge in [-0.3, -0.25) is 0 Å². The van der Waals surface area contributed by atoms with Crippen LogP contribution in [-0.4, -0.2) is 56.7 Å². The highest BCUT2D eigenvalue weighted by Crippen LogP contribution is 2.30. The van der Waals surface area contributed by atoms with Gasteiger partial charge in [-0.2, -0.15) is 15.1 Å². The van der Waals surface area contributed by atoms with Gasteiger partial charge in [-0.15, -0.1) is 0 Å². The van der Waals surface area contributed by atoms with Crippen molar-refractivity contribution in [2.24, 2.45) is 0 Å². The molecule has 2 N–H and O–H groups in total. The second kappa shape index (κ2) is 7.30. The molecule has 4 aromatic rings.